The molecule has 0 atom stereocenters. The van der Waals surface area contributed by atoms with Crippen molar-refractivity contribution in [3.8, 4) is 11.5 Å². The van der Waals surface area contributed by atoms with Gasteiger partial charge in [-0.25, -0.2) is 9.98 Å². The zero-order valence-corrected chi connectivity index (χ0v) is 13.1. The van der Waals surface area contributed by atoms with Gasteiger partial charge in [-0.05, 0) is 36.4 Å². The van der Waals surface area contributed by atoms with E-state index in [0.29, 0.717) is 22.9 Å². The molecule has 0 fully saturated rings. The van der Waals surface area contributed by atoms with Gasteiger partial charge in [0.05, 0.1) is 6.21 Å². The average molecular weight is 333 g/mol. The minimum Gasteiger partial charge on any atom is -0.508 e. The molecular weight excluding hydrogens is 318 g/mol. The first kappa shape index (κ1) is 16.1. The van der Waals surface area contributed by atoms with E-state index in [2.05, 4.69) is 25.5 Å². The van der Waals surface area contributed by atoms with Crippen molar-refractivity contribution in [1.82, 2.24) is 15.4 Å². The number of aromatic hydroxyl groups is 2. The fraction of sp³-hybridized carbons (Fsp3) is 0. The third-order valence-corrected chi connectivity index (χ3v) is 3.17. The van der Waals surface area contributed by atoms with Crippen LogP contribution in [0.25, 0.3) is 0 Å². The maximum absolute atomic E-state index is 9.78. The monoisotopic (exact) mass is 333 g/mol. The smallest absolute Gasteiger partial charge is 0.174 e. The Morgan fingerprint density at radius 1 is 0.960 bits per heavy atom. The van der Waals surface area contributed by atoms with Crippen molar-refractivity contribution in [3.63, 3.8) is 0 Å². The maximum atomic E-state index is 9.78. The molecule has 0 saturated carbocycles. The van der Waals surface area contributed by atoms with Gasteiger partial charge in [-0.3, -0.25) is 10.4 Å². The van der Waals surface area contributed by atoms with E-state index in [1.807, 2.05) is 12.1 Å². The summed E-state index contributed by atoms with van der Waals surface area (Å²) in [6.07, 6.45) is 4.72. The first-order valence-electron chi connectivity index (χ1n) is 7.44. The van der Waals surface area contributed by atoms with Gasteiger partial charge in [-0.1, -0.05) is 12.1 Å². The minimum absolute atomic E-state index is 0.0199. The predicted octanol–water partition coefficient (Wildman–Crippen LogP) is 2.59. The summed E-state index contributed by atoms with van der Waals surface area (Å²) in [5, 5.41) is 23.2. The molecule has 3 aromatic rings. The molecule has 3 N–H and O–H groups in total. The molecule has 0 aliphatic rings. The number of nitrogens with one attached hydrogen (secondary N) is 1. The third kappa shape index (κ3) is 4.38. The Hall–Kier alpha value is -3.74. The van der Waals surface area contributed by atoms with E-state index in [4.69, 9.17) is 0 Å². The summed E-state index contributed by atoms with van der Waals surface area (Å²) in [5.41, 5.74) is 3.86. The Labute approximate surface area is 144 Å². The van der Waals surface area contributed by atoms with E-state index in [-0.39, 0.29) is 11.5 Å². The summed E-state index contributed by atoms with van der Waals surface area (Å²) >= 11 is 0. The largest absolute Gasteiger partial charge is 0.508 e. The van der Waals surface area contributed by atoms with Crippen molar-refractivity contribution < 1.29 is 10.2 Å². The summed E-state index contributed by atoms with van der Waals surface area (Å²) in [5.74, 6) is 0.826. The summed E-state index contributed by atoms with van der Waals surface area (Å²) in [7, 11) is 0. The van der Waals surface area contributed by atoms with Crippen LogP contribution in [0.2, 0.25) is 0 Å². The van der Waals surface area contributed by atoms with Crippen LogP contribution in [0.1, 0.15) is 11.3 Å². The summed E-state index contributed by atoms with van der Waals surface area (Å²) < 4.78 is 0. The van der Waals surface area contributed by atoms with Crippen molar-refractivity contribution in [3.05, 3.63) is 78.2 Å². The number of hydrogen-bond donors (Lipinski definition) is 3. The molecule has 124 valence electrons. The summed E-state index contributed by atoms with van der Waals surface area (Å²) in [6, 6.07) is 15.1. The molecule has 0 bridgehead atoms. The summed E-state index contributed by atoms with van der Waals surface area (Å²) in [6.45, 7) is 0. The highest BCUT2D eigenvalue weighted by Crippen LogP contribution is 2.20. The number of phenols is 2. The van der Waals surface area contributed by atoms with Gasteiger partial charge in [0.25, 0.3) is 0 Å². The normalized spacial score (nSPS) is 11.6. The Morgan fingerprint density at radius 3 is 2.44 bits per heavy atom. The van der Waals surface area contributed by atoms with Crippen molar-refractivity contribution in [2.75, 3.05) is 0 Å². The molecule has 3 rings (SSSR count). The number of benzene rings is 1. The molecule has 0 saturated heterocycles. The van der Waals surface area contributed by atoms with E-state index in [9.17, 15) is 10.2 Å². The first-order chi connectivity index (χ1) is 12.2. The number of hydrogen-bond acceptors (Lipinski definition) is 6. The van der Waals surface area contributed by atoms with Gasteiger partial charge >= 0.3 is 0 Å². The number of phenolic OH excluding ortho intramolecular Hbond substituents is 2. The van der Waals surface area contributed by atoms with Gasteiger partial charge in [-0.15, -0.1) is 0 Å². The quantitative estimate of drug-likeness (QED) is 0.387. The molecule has 2 aromatic heterocycles. The van der Waals surface area contributed by atoms with Gasteiger partial charge in [0, 0.05) is 24.0 Å². The van der Waals surface area contributed by atoms with Crippen LogP contribution in [0.15, 0.2) is 77.1 Å². The van der Waals surface area contributed by atoms with Crippen molar-refractivity contribution in [2.45, 2.75) is 0 Å². The Bertz CT molecular complexity index is 896. The molecule has 7 nitrogen and oxygen atoms in total. The first-order valence-corrected chi connectivity index (χ1v) is 7.44. The van der Waals surface area contributed by atoms with Gasteiger partial charge in [-0.2, -0.15) is 5.10 Å². The molecule has 25 heavy (non-hydrogen) atoms. The van der Waals surface area contributed by atoms with E-state index in [1.54, 1.807) is 42.7 Å². The number of pyridine rings is 2. The average Bonchev–Trinajstić information content (AvgIpc) is 2.64. The Kier molecular flexibility index (Phi) is 4.96. The molecule has 0 aliphatic heterocycles. The highest BCUT2D eigenvalue weighted by molar-refractivity contribution is 5.99. The second kappa shape index (κ2) is 7.69. The lowest BCUT2D eigenvalue weighted by molar-refractivity contribution is 0.450. The fourth-order valence-electron chi connectivity index (χ4n) is 1.98. The van der Waals surface area contributed by atoms with Crippen LogP contribution in [-0.4, -0.2) is 32.2 Å². The van der Waals surface area contributed by atoms with Crippen LogP contribution in [0.3, 0.4) is 0 Å². The van der Waals surface area contributed by atoms with E-state index in [0.717, 1.165) is 0 Å². The van der Waals surface area contributed by atoms with Crippen LogP contribution >= 0.6 is 0 Å². The zero-order valence-electron chi connectivity index (χ0n) is 13.1. The van der Waals surface area contributed by atoms with Gasteiger partial charge in [0.2, 0.25) is 0 Å². The molecule has 1 aromatic carbocycles. The van der Waals surface area contributed by atoms with Crippen LogP contribution in [0.4, 0.5) is 5.82 Å². The highest BCUT2D eigenvalue weighted by atomic mass is 16.3. The standard InChI is InChI=1S/C18H15N5O2/c24-14-8-7-13(16(25)11-14)12-21-23-18(15-5-1-3-9-19-15)22-17-6-2-4-10-20-17/h1-12,24-25H,(H,20,22,23)/b21-12+. The number of nitrogens with zero attached hydrogens (tertiary/aromatic N) is 4. The van der Waals surface area contributed by atoms with E-state index >= 15 is 0 Å². The second-order valence-corrected chi connectivity index (χ2v) is 4.98. The number of aromatic nitrogens is 2. The molecule has 0 spiro atoms. The summed E-state index contributed by atoms with van der Waals surface area (Å²) in [4.78, 5) is 12.8. The van der Waals surface area contributed by atoms with Crippen molar-refractivity contribution in [1.29, 1.82) is 0 Å². The number of aliphatic imine (C=N–C) groups is 1. The van der Waals surface area contributed by atoms with E-state index < -0.39 is 0 Å². The van der Waals surface area contributed by atoms with Crippen LogP contribution in [-0.2, 0) is 0 Å². The molecule has 0 unspecified atom stereocenters. The number of rotatable bonds is 4. The molecule has 2 heterocycles. The predicted molar refractivity (Wildman–Crippen MR) is 95.2 cm³/mol. The highest BCUT2D eigenvalue weighted by Gasteiger charge is 2.05. The SMILES string of the molecule is Oc1ccc(/C=N/NC(=Nc2ccccn2)c2ccccn2)c(O)c1. The lowest BCUT2D eigenvalue weighted by Crippen LogP contribution is -2.20. The molecular formula is C18H15N5O2. The lowest BCUT2D eigenvalue weighted by atomic mass is 10.2. The van der Waals surface area contributed by atoms with Crippen LogP contribution in [0.5, 0.6) is 11.5 Å². The Morgan fingerprint density at radius 2 is 1.76 bits per heavy atom. The Balaban J connectivity index is 1.85. The maximum Gasteiger partial charge on any atom is 0.174 e. The van der Waals surface area contributed by atoms with Crippen molar-refractivity contribution in [2.24, 2.45) is 10.1 Å². The number of hydrazone groups is 1. The minimum atomic E-state index is -0.0772. The van der Waals surface area contributed by atoms with Crippen molar-refractivity contribution >= 4 is 17.9 Å². The topological polar surface area (TPSA) is 103 Å². The number of amidine groups is 1. The van der Waals surface area contributed by atoms with Crippen LogP contribution < -0.4 is 5.43 Å². The molecule has 0 amide bonds. The van der Waals surface area contributed by atoms with Gasteiger partial charge in [0.15, 0.2) is 11.7 Å². The fourth-order valence-corrected chi connectivity index (χ4v) is 1.98. The molecule has 0 aliphatic carbocycles. The third-order valence-electron chi connectivity index (χ3n) is 3.17. The lowest BCUT2D eigenvalue weighted by Gasteiger charge is -2.05. The second-order valence-electron chi connectivity index (χ2n) is 4.98. The van der Waals surface area contributed by atoms with E-state index in [1.165, 1.54) is 18.3 Å². The molecule has 7 heteroatoms. The molecule has 0 radical (unpaired) electrons. The van der Waals surface area contributed by atoms with Gasteiger partial charge < -0.3 is 10.2 Å². The zero-order chi connectivity index (χ0) is 17.5. The van der Waals surface area contributed by atoms with Gasteiger partial charge in [0.1, 0.15) is 17.2 Å². The van der Waals surface area contributed by atoms with Crippen LogP contribution in [0, 0.1) is 0 Å².